The molecular weight excluding hydrogens is 302 g/mol. The second kappa shape index (κ2) is 7.03. The Balaban J connectivity index is 0.00000200. The van der Waals surface area contributed by atoms with E-state index < -0.39 is 10.0 Å². The van der Waals surface area contributed by atoms with Gasteiger partial charge in [-0.2, -0.15) is 0 Å². The topological polar surface area (TPSA) is 87.3 Å². The van der Waals surface area contributed by atoms with E-state index in [9.17, 15) is 13.2 Å². The van der Waals surface area contributed by atoms with Crippen molar-refractivity contribution < 1.29 is 13.2 Å². The molecule has 1 aromatic carbocycles. The number of amides is 1. The van der Waals surface area contributed by atoms with E-state index in [2.05, 4.69) is 15.4 Å². The number of carbonyl (C=O) groups excluding carboxylic acids is 1. The quantitative estimate of drug-likeness (QED) is 0.735. The van der Waals surface area contributed by atoms with E-state index in [-0.39, 0.29) is 29.3 Å². The third kappa shape index (κ3) is 3.92. The summed E-state index contributed by atoms with van der Waals surface area (Å²) >= 11 is 0. The van der Waals surface area contributed by atoms with Gasteiger partial charge in [0.2, 0.25) is 10.0 Å². The van der Waals surface area contributed by atoms with Gasteiger partial charge in [0.05, 0.1) is 4.90 Å². The van der Waals surface area contributed by atoms with Crippen LogP contribution in [0.15, 0.2) is 29.2 Å². The molecular formula is C12H18ClN3O3S. The molecule has 1 atom stereocenters. The Kier molecular flexibility index (Phi) is 5.94. The standard InChI is InChI=1S/C12H17N3O3S.ClH/c1-13-12(16)9-2-4-11(5-3-9)19(17,18)15-10-6-7-14-8-10;/h2-5,10,14-15H,6-8H2,1H3,(H,13,16);1H. The number of halogens is 1. The number of benzene rings is 1. The zero-order valence-electron chi connectivity index (χ0n) is 11.0. The number of rotatable bonds is 4. The average Bonchev–Trinajstić information content (AvgIpc) is 2.90. The van der Waals surface area contributed by atoms with Crippen molar-refractivity contribution in [1.29, 1.82) is 0 Å². The summed E-state index contributed by atoms with van der Waals surface area (Å²) in [6, 6.07) is 5.81. The molecule has 3 N–H and O–H groups in total. The Labute approximate surface area is 124 Å². The first kappa shape index (κ1) is 16.9. The van der Waals surface area contributed by atoms with Gasteiger partial charge >= 0.3 is 0 Å². The van der Waals surface area contributed by atoms with E-state index in [1.165, 1.54) is 31.3 Å². The van der Waals surface area contributed by atoms with E-state index in [0.717, 1.165) is 13.0 Å². The van der Waals surface area contributed by atoms with Gasteiger partial charge in [-0.1, -0.05) is 0 Å². The molecule has 0 bridgehead atoms. The lowest BCUT2D eigenvalue weighted by Crippen LogP contribution is -2.36. The van der Waals surface area contributed by atoms with Gasteiger partial charge in [-0.05, 0) is 37.2 Å². The van der Waals surface area contributed by atoms with Crippen molar-refractivity contribution >= 4 is 28.3 Å². The smallest absolute Gasteiger partial charge is 0.251 e. The summed E-state index contributed by atoms with van der Waals surface area (Å²) in [4.78, 5) is 11.5. The Morgan fingerprint density at radius 2 is 1.95 bits per heavy atom. The minimum Gasteiger partial charge on any atom is -0.355 e. The zero-order chi connectivity index (χ0) is 13.9. The van der Waals surface area contributed by atoms with Crippen LogP contribution >= 0.6 is 12.4 Å². The molecule has 1 amide bonds. The van der Waals surface area contributed by atoms with Crippen LogP contribution in [0.5, 0.6) is 0 Å². The summed E-state index contributed by atoms with van der Waals surface area (Å²) < 4.78 is 26.8. The van der Waals surface area contributed by atoms with Crippen molar-refractivity contribution in [2.24, 2.45) is 0 Å². The van der Waals surface area contributed by atoms with E-state index in [1.54, 1.807) is 0 Å². The van der Waals surface area contributed by atoms with Crippen LogP contribution in [-0.4, -0.2) is 40.5 Å². The molecule has 6 nitrogen and oxygen atoms in total. The third-order valence-corrected chi connectivity index (χ3v) is 4.57. The molecule has 2 rings (SSSR count). The number of nitrogens with one attached hydrogen (secondary N) is 3. The maximum atomic E-state index is 12.1. The lowest BCUT2D eigenvalue weighted by molar-refractivity contribution is 0.0963. The third-order valence-electron chi connectivity index (χ3n) is 3.04. The summed E-state index contributed by atoms with van der Waals surface area (Å²) in [7, 11) is -1.99. The summed E-state index contributed by atoms with van der Waals surface area (Å²) in [6.45, 7) is 1.47. The second-order valence-electron chi connectivity index (χ2n) is 4.41. The fourth-order valence-electron chi connectivity index (χ4n) is 1.97. The van der Waals surface area contributed by atoms with Crippen molar-refractivity contribution in [3.63, 3.8) is 0 Å². The molecule has 1 aliphatic heterocycles. The molecule has 1 saturated heterocycles. The Morgan fingerprint density at radius 3 is 2.45 bits per heavy atom. The van der Waals surface area contributed by atoms with Gasteiger partial charge in [0, 0.05) is 25.2 Å². The molecule has 112 valence electrons. The fraction of sp³-hybridized carbons (Fsp3) is 0.417. The molecule has 0 radical (unpaired) electrons. The van der Waals surface area contributed by atoms with E-state index in [1.807, 2.05) is 0 Å². The van der Waals surface area contributed by atoms with E-state index >= 15 is 0 Å². The molecule has 1 aromatic rings. The lowest BCUT2D eigenvalue weighted by Gasteiger charge is -2.12. The molecule has 8 heteroatoms. The predicted octanol–water partition coefficient (Wildman–Crippen LogP) is 0.108. The van der Waals surface area contributed by atoms with Crippen LogP contribution < -0.4 is 15.4 Å². The molecule has 1 fully saturated rings. The summed E-state index contributed by atoms with van der Waals surface area (Å²) in [5.41, 5.74) is 0.434. The van der Waals surface area contributed by atoms with Gasteiger partial charge in [0.25, 0.3) is 5.91 Å². The van der Waals surface area contributed by atoms with Gasteiger partial charge in [-0.15, -0.1) is 12.4 Å². The van der Waals surface area contributed by atoms with E-state index in [4.69, 9.17) is 0 Å². The van der Waals surface area contributed by atoms with Gasteiger partial charge in [-0.3, -0.25) is 4.79 Å². The monoisotopic (exact) mass is 319 g/mol. The van der Waals surface area contributed by atoms with Crippen LogP contribution in [0.1, 0.15) is 16.8 Å². The van der Waals surface area contributed by atoms with Crippen LogP contribution in [0.2, 0.25) is 0 Å². The van der Waals surface area contributed by atoms with Gasteiger partial charge < -0.3 is 10.6 Å². The maximum Gasteiger partial charge on any atom is 0.251 e. The summed E-state index contributed by atoms with van der Waals surface area (Å²) in [5.74, 6) is -0.239. The maximum absolute atomic E-state index is 12.1. The minimum absolute atomic E-state index is 0. The summed E-state index contributed by atoms with van der Waals surface area (Å²) in [6.07, 6.45) is 0.787. The number of hydrogen-bond acceptors (Lipinski definition) is 4. The van der Waals surface area contributed by atoms with Crippen LogP contribution in [0.3, 0.4) is 0 Å². The molecule has 1 unspecified atom stereocenters. The van der Waals surface area contributed by atoms with Crippen LogP contribution in [0.4, 0.5) is 0 Å². The zero-order valence-corrected chi connectivity index (χ0v) is 12.7. The first-order valence-corrected chi connectivity index (χ1v) is 7.56. The average molecular weight is 320 g/mol. The molecule has 0 aromatic heterocycles. The van der Waals surface area contributed by atoms with Crippen molar-refractivity contribution in [1.82, 2.24) is 15.4 Å². The minimum atomic E-state index is -3.51. The highest BCUT2D eigenvalue weighted by atomic mass is 35.5. The first-order valence-electron chi connectivity index (χ1n) is 6.08. The largest absolute Gasteiger partial charge is 0.355 e. The van der Waals surface area contributed by atoms with Crippen molar-refractivity contribution in [2.75, 3.05) is 20.1 Å². The van der Waals surface area contributed by atoms with Crippen molar-refractivity contribution in [2.45, 2.75) is 17.4 Å². The number of hydrogen-bond donors (Lipinski definition) is 3. The first-order chi connectivity index (χ1) is 9.03. The van der Waals surface area contributed by atoms with E-state index in [0.29, 0.717) is 12.1 Å². The summed E-state index contributed by atoms with van der Waals surface area (Å²) in [5, 5.41) is 5.58. The Morgan fingerprint density at radius 1 is 1.30 bits per heavy atom. The second-order valence-corrected chi connectivity index (χ2v) is 6.13. The van der Waals surface area contributed by atoms with Gasteiger partial charge in [-0.25, -0.2) is 13.1 Å². The highest BCUT2D eigenvalue weighted by Crippen LogP contribution is 2.12. The molecule has 1 aliphatic rings. The predicted molar refractivity (Wildman–Crippen MR) is 78.7 cm³/mol. The molecule has 1 heterocycles. The van der Waals surface area contributed by atoms with Gasteiger partial charge in [0.1, 0.15) is 0 Å². The van der Waals surface area contributed by atoms with Crippen LogP contribution in [0.25, 0.3) is 0 Å². The van der Waals surface area contributed by atoms with Crippen molar-refractivity contribution in [3.8, 4) is 0 Å². The van der Waals surface area contributed by atoms with Crippen LogP contribution in [-0.2, 0) is 10.0 Å². The number of carbonyl (C=O) groups is 1. The normalized spacial score (nSPS) is 18.4. The van der Waals surface area contributed by atoms with Gasteiger partial charge in [0.15, 0.2) is 0 Å². The molecule has 0 saturated carbocycles. The number of sulfonamides is 1. The highest BCUT2D eigenvalue weighted by molar-refractivity contribution is 7.89. The molecule has 0 spiro atoms. The molecule has 20 heavy (non-hydrogen) atoms. The fourth-order valence-corrected chi connectivity index (χ4v) is 3.24. The molecule has 0 aliphatic carbocycles. The Bertz CT molecular complexity index is 554. The SMILES string of the molecule is CNC(=O)c1ccc(S(=O)(=O)NC2CCNC2)cc1.Cl. The Hall–Kier alpha value is -1.15. The lowest BCUT2D eigenvalue weighted by atomic mass is 10.2. The van der Waals surface area contributed by atoms with Crippen molar-refractivity contribution in [3.05, 3.63) is 29.8 Å². The van der Waals surface area contributed by atoms with Crippen LogP contribution in [0, 0.1) is 0 Å². The highest BCUT2D eigenvalue weighted by Gasteiger charge is 2.22.